The Kier molecular flexibility index (Phi) is 1.81. The van der Waals surface area contributed by atoms with Gasteiger partial charge < -0.3 is 14.7 Å². The Balaban J connectivity index is 2.58. The van der Waals surface area contributed by atoms with E-state index in [2.05, 4.69) is 5.16 Å². The van der Waals surface area contributed by atoms with E-state index in [-0.39, 0.29) is 6.79 Å². The van der Waals surface area contributed by atoms with E-state index in [1.807, 2.05) is 19.1 Å². The Morgan fingerprint density at radius 1 is 1.46 bits per heavy atom. The Bertz CT molecular complexity index is 360. The molecule has 4 nitrogen and oxygen atoms in total. The van der Waals surface area contributed by atoms with Gasteiger partial charge in [-0.25, -0.2) is 0 Å². The van der Waals surface area contributed by atoms with Gasteiger partial charge in [-0.05, 0) is 18.6 Å². The first-order chi connectivity index (χ1) is 6.33. The Morgan fingerprint density at radius 3 is 3.08 bits per heavy atom. The standard InChI is InChI=1S/C9H9NO3/c1-6-2-3-8-9(13-5-12-8)7(6)4-10-11/h2-4,11H,5H2,1H3/b10-4+. The third-order valence-electron chi connectivity index (χ3n) is 1.98. The van der Waals surface area contributed by atoms with Crippen LogP contribution in [0.4, 0.5) is 0 Å². The first-order valence-electron chi connectivity index (χ1n) is 3.89. The van der Waals surface area contributed by atoms with Crippen LogP contribution >= 0.6 is 0 Å². The van der Waals surface area contributed by atoms with Crippen LogP contribution in [0, 0.1) is 6.92 Å². The first-order valence-corrected chi connectivity index (χ1v) is 3.89. The average molecular weight is 179 g/mol. The molecule has 0 aliphatic carbocycles. The molecule has 1 aliphatic heterocycles. The summed E-state index contributed by atoms with van der Waals surface area (Å²) in [6.45, 7) is 2.14. The van der Waals surface area contributed by atoms with Crippen molar-refractivity contribution in [1.82, 2.24) is 0 Å². The van der Waals surface area contributed by atoms with Crippen LogP contribution in [-0.2, 0) is 0 Å². The third-order valence-corrected chi connectivity index (χ3v) is 1.98. The summed E-state index contributed by atoms with van der Waals surface area (Å²) in [5.41, 5.74) is 1.75. The quantitative estimate of drug-likeness (QED) is 0.404. The van der Waals surface area contributed by atoms with Gasteiger partial charge in [0.05, 0.1) is 6.21 Å². The van der Waals surface area contributed by atoms with E-state index >= 15 is 0 Å². The van der Waals surface area contributed by atoms with Crippen molar-refractivity contribution in [1.29, 1.82) is 0 Å². The Morgan fingerprint density at radius 2 is 2.31 bits per heavy atom. The molecule has 0 saturated heterocycles. The van der Waals surface area contributed by atoms with Crippen molar-refractivity contribution in [2.45, 2.75) is 6.92 Å². The molecule has 1 aromatic rings. The average Bonchev–Trinajstić information content (AvgIpc) is 2.58. The highest BCUT2D eigenvalue weighted by molar-refractivity contribution is 5.86. The fourth-order valence-corrected chi connectivity index (χ4v) is 1.31. The topological polar surface area (TPSA) is 51.1 Å². The number of nitrogens with zero attached hydrogens (tertiary/aromatic N) is 1. The molecule has 1 N–H and O–H groups in total. The van der Waals surface area contributed by atoms with Crippen LogP contribution in [0.2, 0.25) is 0 Å². The van der Waals surface area contributed by atoms with Crippen molar-refractivity contribution in [3.8, 4) is 11.5 Å². The molecular weight excluding hydrogens is 170 g/mol. The van der Waals surface area contributed by atoms with Crippen LogP contribution < -0.4 is 9.47 Å². The van der Waals surface area contributed by atoms with Crippen molar-refractivity contribution >= 4 is 6.21 Å². The van der Waals surface area contributed by atoms with E-state index in [0.717, 1.165) is 11.1 Å². The monoisotopic (exact) mass is 179 g/mol. The number of benzene rings is 1. The number of rotatable bonds is 1. The van der Waals surface area contributed by atoms with Crippen molar-refractivity contribution in [2.75, 3.05) is 6.79 Å². The molecule has 0 spiro atoms. The summed E-state index contributed by atoms with van der Waals surface area (Å²) in [5.74, 6) is 1.35. The second-order valence-electron chi connectivity index (χ2n) is 2.77. The maximum atomic E-state index is 8.45. The number of aryl methyl sites for hydroxylation is 1. The van der Waals surface area contributed by atoms with Gasteiger partial charge in [-0.2, -0.15) is 0 Å². The highest BCUT2D eigenvalue weighted by Crippen LogP contribution is 2.36. The number of hydrogen-bond acceptors (Lipinski definition) is 4. The summed E-state index contributed by atoms with van der Waals surface area (Å²) in [4.78, 5) is 0. The van der Waals surface area contributed by atoms with Crippen LogP contribution in [0.15, 0.2) is 17.3 Å². The molecule has 1 heterocycles. The van der Waals surface area contributed by atoms with Gasteiger partial charge in [0.1, 0.15) is 0 Å². The van der Waals surface area contributed by atoms with E-state index in [9.17, 15) is 0 Å². The fraction of sp³-hybridized carbons (Fsp3) is 0.222. The van der Waals surface area contributed by atoms with Crippen LogP contribution in [-0.4, -0.2) is 18.2 Å². The van der Waals surface area contributed by atoms with Gasteiger partial charge in [0, 0.05) is 5.56 Å². The molecule has 0 unspecified atom stereocenters. The van der Waals surface area contributed by atoms with Crippen molar-refractivity contribution in [3.63, 3.8) is 0 Å². The molecular formula is C9H9NO3. The molecule has 13 heavy (non-hydrogen) atoms. The molecule has 0 fully saturated rings. The van der Waals surface area contributed by atoms with E-state index in [1.54, 1.807) is 0 Å². The second-order valence-corrected chi connectivity index (χ2v) is 2.77. The molecule has 1 aliphatic rings. The summed E-state index contributed by atoms with van der Waals surface area (Å²) < 4.78 is 10.4. The van der Waals surface area contributed by atoms with Crippen molar-refractivity contribution in [2.24, 2.45) is 5.16 Å². The predicted octanol–water partition coefficient (Wildman–Crippen LogP) is 1.53. The summed E-state index contributed by atoms with van der Waals surface area (Å²) in [6.07, 6.45) is 1.35. The lowest BCUT2D eigenvalue weighted by Crippen LogP contribution is -1.95. The molecule has 0 bridgehead atoms. The number of hydrogen-bond donors (Lipinski definition) is 1. The Hall–Kier alpha value is -1.71. The summed E-state index contributed by atoms with van der Waals surface area (Å²) >= 11 is 0. The first kappa shape index (κ1) is 7.91. The van der Waals surface area contributed by atoms with E-state index in [4.69, 9.17) is 14.7 Å². The number of ether oxygens (including phenoxy) is 2. The lowest BCUT2D eigenvalue weighted by Gasteiger charge is -2.02. The zero-order valence-electron chi connectivity index (χ0n) is 7.15. The van der Waals surface area contributed by atoms with Gasteiger partial charge in [-0.1, -0.05) is 11.2 Å². The lowest BCUT2D eigenvalue weighted by molar-refractivity contribution is 0.173. The second kappa shape index (κ2) is 2.97. The summed E-state index contributed by atoms with van der Waals surface area (Å²) in [6, 6.07) is 3.73. The molecule has 68 valence electrons. The predicted molar refractivity (Wildman–Crippen MR) is 46.7 cm³/mol. The molecule has 0 aromatic heterocycles. The highest BCUT2D eigenvalue weighted by atomic mass is 16.7. The minimum atomic E-state index is 0.227. The maximum Gasteiger partial charge on any atom is 0.231 e. The molecule has 0 radical (unpaired) electrons. The van der Waals surface area contributed by atoms with Crippen LogP contribution in [0.25, 0.3) is 0 Å². The van der Waals surface area contributed by atoms with Crippen molar-refractivity contribution < 1.29 is 14.7 Å². The van der Waals surface area contributed by atoms with Gasteiger partial charge in [0.2, 0.25) is 6.79 Å². The van der Waals surface area contributed by atoms with Gasteiger partial charge >= 0.3 is 0 Å². The van der Waals surface area contributed by atoms with Gasteiger partial charge in [0.25, 0.3) is 0 Å². The zero-order chi connectivity index (χ0) is 9.26. The van der Waals surface area contributed by atoms with Crippen LogP contribution in [0.3, 0.4) is 0 Å². The summed E-state index contributed by atoms with van der Waals surface area (Å²) in [7, 11) is 0. The molecule has 1 aromatic carbocycles. The van der Waals surface area contributed by atoms with Gasteiger partial charge in [0.15, 0.2) is 11.5 Å². The lowest BCUT2D eigenvalue weighted by atomic mass is 10.1. The van der Waals surface area contributed by atoms with Crippen LogP contribution in [0.1, 0.15) is 11.1 Å². The Labute approximate surface area is 75.4 Å². The fourth-order valence-electron chi connectivity index (χ4n) is 1.31. The smallest absolute Gasteiger partial charge is 0.231 e. The molecule has 2 rings (SSSR count). The highest BCUT2D eigenvalue weighted by Gasteiger charge is 2.18. The third kappa shape index (κ3) is 1.20. The van der Waals surface area contributed by atoms with E-state index < -0.39 is 0 Å². The minimum Gasteiger partial charge on any atom is -0.454 e. The van der Waals surface area contributed by atoms with Gasteiger partial charge in [-0.3, -0.25) is 0 Å². The van der Waals surface area contributed by atoms with E-state index in [1.165, 1.54) is 6.21 Å². The molecule has 0 atom stereocenters. The number of fused-ring (bicyclic) bond motifs is 1. The molecule has 0 amide bonds. The number of oxime groups is 1. The van der Waals surface area contributed by atoms with E-state index in [0.29, 0.717) is 11.5 Å². The SMILES string of the molecule is Cc1ccc2c(c1/C=N/O)OCO2. The van der Waals surface area contributed by atoms with Crippen molar-refractivity contribution in [3.05, 3.63) is 23.3 Å². The maximum absolute atomic E-state index is 8.45. The normalized spacial score (nSPS) is 13.9. The molecule has 0 saturated carbocycles. The minimum absolute atomic E-state index is 0.227. The van der Waals surface area contributed by atoms with Gasteiger partial charge in [-0.15, -0.1) is 0 Å². The largest absolute Gasteiger partial charge is 0.454 e. The molecule has 4 heteroatoms. The zero-order valence-corrected chi connectivity index (χ0v) is 7.15. The van der Waals surface area contributed by atoms with Crippen LogP contribution in [0.5, 0.6) is 11.5 Å². The summed E-state index contributed by atoms with van der Waals surface area (Å²) in [5, 5.41) is 11.4.